The molecule has 1 aromatic carbocycles. The molecule has 158 valence electrons. The minimum absolute atomic E-state index is 0.0704. The highest BCUT2D eigenvalue weighted by Crippen LogP contribution is 2.31. The van der Waals surface area contributed by atoms with E-state index in [-0.39, 0.29) is 5.78 Å². The Morgan fingerprint density at radius 2 is 1.94 bits per heavy atom. The fourth-order valence-electron chi connectivity index (χ4n) is 3.37. The quantitative estimate of drug-likeness (QED) is 0.541. The Hall–Kier alpha value is -3.71. The zero-order chi connectivity index (χ0) is 21.6. The van der Waals surface area contributed by atoms with E-state index in [0.29, 0.717) is 31.1 Å². The first-order chi connectivity index (χ1) is 15.2. The van der Waals surface area contributed by atoms with E-state index in [2.05, 4.69) is 9.97 Å². The summed E-state index contributed by atoms with van der Waals surface area (Å²) in [6, 6.07) is 11.2. The van der Waals surface area contributed by atoms with Crippen molar-refractivity contribution in [3.8, 4) is 17.2 Å². The lowest BCUT2D eigenvalue weighted by Gasteiger charge is -2.27. The molecule has 31 heavy (non-hydrogen) atoms. The molecule has 1 aliphatic rings. The average molecular weight is 417 g/mol. The van der Waals surface area contributed by atoms with E-state index in [1.54, 1.807) is 38.8 Å². The summed E-state index contributed by atoms with van der Waals surface area (Å²) in [5, 5.41) is 0.881. The Balaban J connectivity index is 1.57. The average Bonchev–Trinajstić information content (AvgIpc) is 2.80. The van der Waals surface area contributed by atoms with Crippen LogP contribution in [0, 0.1) is 0 Å². The molecule has 2 heterocycles. The van der Waals surface area contributed by atoms with Crippen LogP contribution in [0.2, 0.25) is 0 Å². The number of benzene rings is 1. The van der Waals surface area contributed by atoms with Gasteiger partial charge in [0.2, 0.25) is 0 Å². The number of ether oxygens (including phenoxy) is 3. The summed E-state index contributed by atoms with van der Waals surface area (Å²) in [6.45, 7) is 1.11. The number of allylic oxidation sites excluding steroid dienone is 4. The number of carbonyl (C=O) groups excluding carboxylic acids is 1. The Morgan fingerprint density at radius 3 is 2.68 bits per heavy atom. The highest BCUT2D eigenvalue weighted by Gasteiger charge is 2.17. The molecule has 3 aromatic rings. The molecular weight excluding hydrogens is 394 g/mol. The van der Waals surface area contributed by atoms with Crippen LogP contribution in [0.1, 0.15) is 6.42 Å². The topological polar surface area (TPSA) is 73.8 Å². The van der Waals surface area contributed by atoms with Gasteiger partial charge >= 0.3 is 0 Å². The smallest absolute Gasteiger partial charge is 0.161 e. The van der Waals surface area contributed by atoms with Crippen LogP contribution in [0.4, 0.5) is 5.82 Å². The molecule has 0 N–H and O–H groups in total. The van der Waals surface area contributed by atoms with Crippen molar-refractivity contribution in [2.75, 3.05) is 32.3 Å². The number of hydrogen-bond donors (Lipinski definition) is 0. The SMILES string of the molecule is COCCN(C1=CC=CC(=O)C1)c1ccc(Oc2ccnc3cc(OC)ccc23)cn1. The first-order valence-electron chi connectivity index (χ1n) is 9.91. The van der Waals surface area contributed by atoms with E-state index in [4.69, 9.17) is 14.2 Å². The third-order valence-corrected chi connectivity index (χ3v) is 4.93. The molecule has 0 atom stereocenters. The lowest BCUT2D eigenvalue weighted by molar-refractivity contribution is -0.114. The Kier molecular flexibility index (Phi) is 6.24. The first kappa shape index (κ1) is 20.6. The fourth-order valence-corrected chi connectivity index (χ4v) is 3.37. The Bertz CT molecular complexity index is 1140. The van der Waals surface area contributed by atoms with Crippen LogP contribution < -0.4 is 14.4 Å². The molecule has 0 bridgehead atoms. The molecule has 0 fully saturated rings. The van der Waals surface area contributed by atoms with Crippen molar-refractivity contribution < 1.29 is 19.0 Å². The van der Waals surface area contributed by atoms with Gasteiger partial charge in [0, 0.05) is 37.0 Å². The number of fused-ring (bicyclic) bond motifs is 1. The predicted molar refractivity (Wildman–Crippen MR) is 119 cm³/mol. The van der Waals surface area contributed by atoms with Gasteiger partial charge in [-0.3, -0.25) is 9.78 Å². The zero-order valence-corrected chi connectivity index (χ0v) is 17.4. The van der Waals surface area contributed by atoms with Gasteiger partial charge in [-0.1, -0.05) is 6.08 Å². The van der Waals surface area contributed by atoms with E-state index in [0.717, 1.165) is 28.2 Å². The van der Waals surface area contributed by atoms with E-state index in [9.17, 15) is 4.79 Å². The molecule has 0 amide bonds. The summed E-state index contributed by atoms with van der Waals surface area (Å²) in [4.78, 5) is 22.8. The summed E-state index contributed by atoms with van der Waals surface area (Å²) in [5.41, 5.74) is 1.67. The number of hydrogen-bond acceptors (Lipinski definition) is 7. The maximum atomic E-state index is 11.8. The number of methoxy groups -OCH3 is 2. The highest BCUT2D eigenvalue weighted by molar-refractivity contribution is 5.93. The van der Waals surface area contributed by atoms with Gasteiger partial charge in [-0.15, -0.1) is 0 Å². The number of aromatic nitrogens is 2. The second kappa shape index (κ2) is 9.40. The number of pyridine rings is 2. The van der Waals surface area contributed by atoms with Gasteiger partial charge in [0.25, 0.3) is 0 Å². The number of carbonyl (C=O) groups is 1. The van der Waals surface area contributed by atoms with Gasteiger partial charge in [-0.05, 0) is 42.5 Å². The standard InChI is InChI=1S/C24H23N3O4/c1-29-13-12-27(17-4-3-5-18(28)14-17)24-9-7-20(16-26-24)31-23-10-11-25-22-15-19(30-2)6-8-21(22)23/h3-11,15-16H,12-14H2,1-2H3. The molecule has 0 spiro atoms. The number of nitrogens with zero attached hydrogens (tertiary/aromatic N) is 3. The maximum absolute atomic E-state index is 11.8. The molecule has 0 aliphatic heterocycles. The first-order valence-corrected chi connectivity index (χ1v) is 9.91. The molecule has 0 saturated heterocycles. The molecule has 0 saturated carbocycles. The summed E-state index contributed by atoms with van der Waals surface area (Å²) in [7, 11) is 3.28. The largest absolute Gasteiger partial charge is 0.497 e. The maximum Gasteiger partial charge on any atom is 0.161 e. The van der Waals surface area contributed by atoms with Crippen molar-refractivity contribution in [2.24, 2.45) is 0 Å². The van der Waals surface area contributed by atoms with Crippen molar-refractivity contribution in [2.45, 2.75) is 6.42 Å². The van der Waals surface area contributed by atoms with E-state index in [1.807, 2.05) is 47.4 Å². The number of rotatable bonds is 8. The van der Waals surface area contributed by atoms with Crippen molar-refractivity contribution >= 4 is 22.5 Å². The van der Waals surface area contributed by atoms with Gasteiger partial charge in [-0.25, -0.2) is 4.98 Å². The van der Waals surface area contributed by atoms with Gasteiger partial charge in [0.05, 0.1) is 31.9 Å². The summed E-state index contributed by atoms with van der Waals surface area (Å²) < 4.78 is 16.6. The van der Waals surface area contributed by atoms with Gasteiger partial charge in [0.15, 0.2) is 5.78 Å². The monoisotopic (exact) mass is 417 g/mol. The van der Waals surface area contributed by atoms with Crippen LogP contribution in [-0.4, -0.2) is 43.1 Å². The molecule has 1 aliphatic carbocycles. The van der Waals surface area contributed by atoms with Crippen LogP contribution in [0.5, 0.6) is 17.2 Å². The van der Waals surface area contributed by atoms with Gasteiger partial charge in [-0.2, -0.15) is 0 Å². The van der Waals surface area contributed by atoms with Crippen molar-refractivity contribution in [1.82, 2.24) is 9.97 Å². The number of ketones is 1. The van der Waals surface area contributed by atoms with Gasteiger partial charge < -0.3 is 19.1 Å². The molecule has 7 nitrogen and oxygen atoms in total. The second-order valence-electron chi connectivity index (χ2n) is 6.95. The van der Waals surface area contributed by atoms with Crippen LogP contribution in [0.3, 0.4) is 0 Å². The molecular formula is C24H23N3O4. The Labute approximate surface area is 180 Å². The Morgan fingerprint density at radius 1 is 1.06 bits per heavy atom. The van der Waals surface area contributed by atoms with E-state index >= 15 is 0 Å². The third-order valence-electron chi connectivity index (χ3n) is 4.93. The van der Waals surface area contributed by atoms with Gasteiger partial charge in [0.1, 0.15) is 23.1 Å². The van der Waals surface area contributed by atoms with Crippen LogP contribution in [0.25, 0.3) is 10.9 Å². The lowest BCUT2D eigenvalue weighted by atomic mass is 10.1. The fraction of sp³-hybridized carbons (Fsp3) is 0.208. The third kappa shape index (κ3) is 4.73. The summed E-state index contributed by atoms with van der Waals surface area (Å²) >= 11 is 0. The second-order valence-corrected chi connectivity index (χ2v) is 6.95. The van der Waals surface area contributed by atoms with Crippen LogP contribution in [-0.2, 0) is 9.53 Å². The summed E-state index contributed by atoms with van der Waals surface area (Å²) in [5.74, 6) is 2.82. The highest BCUT2D eigenvalue weighted by atomic mass is 16.5. The van der Waals surface area contributed by atoms with Crippen LogP contribution >= 0.6 is 0 Å². The molecule has 2 aromatic heterocycles. The van der Waals surface area contributed by atoms with Crippen molar-refractivity contribution in [1.29, 1.82) is 0 Å². The van der Waals surface area contributed by atoms with E-state index < -0.39 is 0 Å². The summed E-state index contributed by atoms with van der Waals surface area (Å²) in [6.07, 6.45) is 8.99. The van der Waals surface area contributed by atoms with Crippen LogP contribution in [0.15, 0.2) is 72.7 Å². The zero-order valence-electron chi connectivity index (χ0n) is 17.4. The minimum atomic E-state index is 0.0704. The van der Waals surface area contributed by atoms with Crippen molar-refractivity contribution in [3.63, 3.8) is 0 Å². The predicted octanol–water partition coefficient (Wildman–Crippen LogP) is 4.30. The molecule has 0 unspecified atom stereocenters. The molecule has 7 heteroatoms. The van der Waals surface area contributed by atoms with Crippen molar-refractivity contribution in [3.05, 3.63) is 72.7 Å². The van der Waals surface area contributed by atoms with E-state index in [1.165, 1.54) is 0 Å². The number of anilines is 1. The lowest BCUT2D eigenvalue weighted by Crippen LogP contribution is -2.29. The molecule has 4 rings (SSSR count). The molecule has 0 radical (unpaired) electrons. The minimum Gasteiger partial charge on any atom is -0.497 e. The normalized spacial score (nSPS) is 13.2.